The Kier molecular flexibility index (Phi) is 4.54. The van der Waals surface area contributed by atoms with E-state index in [0.29, 0.717) is 0 Å². The Bertz CT molecular complexity index is 600. The van der Waals surface area contributed by atoms with Crippen LogP contribution in [0.25, 0.3) is 0 Å². The van der Waals surface area contributed by atoms with Crippen molar-refractivity contribution in [1.82, 2.24) is 0 Å². The van der Waals surface area contributed by atoms with Gasteiger partial charge in [0, 0.05) is 0 Å². The maximum Gasteiger partial charge on any atom is 0.489 e. The topological polar surface area (TPSA) is 49.7 Å². The zero-order valence-corrected chi connectivity index (χ0v) is 10.8. The Morgan fingerprint density at radius 2 is 1.67 bits per heavy atom. The van der Waals surface area contributed by atoms with Gasteiger partial charge in [0.25, 0.3) is 0 Å². The minimum atomic E-state index is -4.69. The first kappa shape index (κ1) is 15.4. The van der Waals surface area contributed by atoms with Gasteiger partial charge < -0.3 is 14.8 Å². The number of alkyl halides is 3. The summed E-state index contributed by atoms with van der Waals surface area (Å²) >= 11 is 0. The minimum absolute atomic E-state index is 0.00979. The number of halogens is 3. The molecule has 110 valence electrons. The lowest BCUT2D eigenvalue weighted by Gasteiger charge is -2.14. The van der Waals surface area contributed by atoms with Crippen LogP contribution in [0.5, 0.6) is 5.75 Å². The van der Waals surface area contributed by atoms with Crippen LogP contribution in [0, 0.1) is 0 Å². The van der Waals surface area contributed by atoms with Crippen molar-refractivity contribution in [2.45, 2.75) is 12.8 Å². The van der Waals surface area contributed by atoms with Gasteiger partial charge in [0.2, 0.25) is 0 Å². The van der Waals surface area contributed by atoms with E-state index in [2.05, 4.69) is 0 Å². The van der Waals surface area contributed by atoms with Gasteiger partial charge in [-0.05, 0) is 23.2 Å². The summed E-state index contributed by atoms with van der Waals surface area (Å²) < 4.78 is 43.9. The molecule has 2 rings (SSSR count). The van der Waals surface area contributed by atoms with Gasteiger partial charge >= 0.3 is 13.3 Å². The Hall–Kier alpha value is -1.99. The van der Waals surface area contributed by atoms with Crippen LogP contribution in [-0.4, -0.2) is 17.2 Å². The molecule has 0 aromatic heterocycles. The summed E-state index contributed by atoms with van der Waals surface area (Å²) in [5, 5.41) is 18.0. The standard InChI is InChI=1S/C14H12BF3O3/c16-14(17,18)12-8-11(6-7-13(12)15(19)20)21-9-10-4-2-1-3-5-10/h1-8,19-20H,9H2. The Labute approximate surface area is 119 Å². The van der Waals surface area contributed by atoms with Gasteiger partial charge in [-0.1, -0.05) is 36.4 Å². The Morgan fingerprint density at radius 1 is 1.00 bits per heavy atom. The van der Waals surface area contributed by atoms with E-state index < -0.39 is 24.3 Å². The van der Waals surface area contributed by atoms with Crippen molar-refractivity contribution in [2.24, 2.45) is 0 Å². The lowest BCUT2D eigenvalue weighted by molar-refractivity contribution is -0.137. The molecule has 0 spiro atoms. The number of hydrogen-bond donors (Lipinski definition) is 2. The van der Waals surface area contributed by atoms with E-state index in [1.165, 1.54) is 6.07 Å². The van der Waals surface area contributed by atoms with Crippen molar-refractivity contribution in [2.75, 3.05) is 0 Å². The van der Waals surface area contributed by atoms with Gasteiger partial charge in [-0.15, -0.1) is 0 Å². The zero-order chi connectivity index (χ0) is 15.5. The number of rotatable bonds is 4. The molecule has 0 saturated carbocycles. The SMILES string of the molecule is OB(O)c1ccc(OCc2ccccc2)cc1C(F)(F)F. The number of ether oxygens (including phenoxy) is 1. The quantitative estimate of drug-likeness (QED) is 0.848. The summed E-state index contributed by atoms with van der Waals surface area (Å²) in [6, 6.07) is 12.0. The fourth-order valence-corrected chi connectivity index (χ4v) is 1.84. The van der Waals surface area contributed by atoms with Crippen LogP contribution in [0.1, 0.15) is 11.1 Å². The summed E-state index contributed by atoms with van der Waals surface area (Å²) in [4.78, 5) is 0. The Balaban J connectivity index is 2.22. The first-order valence-corrected chi connectivity index (χ1v) is 6.12. The molecular weight excluding hydrogens is 284 g/mol. The second-order valence-corrected chi connectivity index (χ2v) is 4.39. The summed E-state index contributed by atoms with van der Waals surface area (Å²) in [6.07, 6.45) is -4.69. The molecule has 0 aliphatic heterocycles. The van der Waals surface area contributed by atoms with E-state index >= 15 is 0 Å². The highest BCUT2D eigenvalue weighted by atomic mass is 19.4. The first-order chi connectivity index (χ1) is 9.88. The zero-order valence-electron chi connectivity index (χ0n) is 10.8. The monoisotopic (exact) mass is 296 g/mol. The normalized spacial score (nSPS) is 11.3. The van der Waals surface area contributed by atoms with E-state index in [-0.39, 0.29) is 12.4 Å². The largest absolute Gasteiger partial charge is 0.489 e. The van der Waals surface area contributed by atoms with Crippen LogP contribution in [0.4, 0.5) is 13.2 Å². The van der Waals surface area contributed by atoms with Crippen molar-refractivity contribution in [3.05, 3.63) is 59.7 Å². The van der Waals surface area contributed by atoms with Gasteiger partial charge in [0.15, 0.2) is 0 Å². The van der Waals surface area contributed by atoms with Crippen LogP contribution in [0.3, 0.4) is 0 Å². The highest BCUT2D eigenvalue weighted by Crippen LogP contribution is 2.30. The number of benzene rings is 2. The van der Waals surface area contributed by atoms with Crippen molar-refractivity contribution < 1.29 is 28.0 Å². The lowest BCUT2D eigenvalue weighted by atomic mass is 9.77. The highest BCUT2D eigenvalue weighted by molar-refractivity contribution is 6.59. The third-order valence-corrected chi connectivity index (χ3v) is 2.86. The molecule has 0 radical (unpaired) electrons. The van der Waals surface area contributed by atoms with E-state index in [9.17, 15) is 13.2 Å². The predicted octanol–water partition coefficient (Wildman–Crippen LogP) is 1.96. The fraction of sp³-hybridized carbons (Fsp3) is 0.143. The maximum atomic E-state index is 12.9. The molecule has 0 heterocycles. The van der Waals surface area contributed by atoms with Crippen LogP contribution in [-0.2, 0) is 12.8 Å². The maximum absolute atomic E-state index is 12.9. The van der Waals surface area contributed by atoms with Crippen molar-refractivity contribution in [1.29, 1.82) is 0 Å². The van der Waals surface area contributed by atoms with Crippen molar-refractivity contribution in [3.63, 3.8) is 0 Å². The average Bonchev–Trinajstić information content (AvgIpc) is 2.45. The summed E-state index contributed by atoms with van der Waals surface area (Å²) in [6.45, 7) is 0.124. The van der Waals surface area contributed by atoms with Gasteiger partial charge in [-0.25, -0.2) is 0 Å². The summed E-state index contributed by atoms with van der Waals surface area (Å²) in [5.41, 5.74) is -0.907. The lowest BCUT2D eigenvalue weighted by Crippen LogP contribution is -2.36. The minimum Gasteiger partial charge on any atom is -0.489 e. The molecule has 0 saturated heterocycles. The fourth-order valence-electron chi connectivity index (χ4n) is 1.84. The predicted molar refractivity (Wildman–Crippen MR) is 72.0 cm³/mol. The van der Waals surface area contributed by atoms with Crippen LogP contribution < -0.4 is 10.2 Å². The van der Waals surface area contributed by atoms with Crippen LogP contribution in [0.15, 0.2) is 48.5 Å². The third kappa shape index (κ3) is 3.99. The van der Waals surface area contributed by atoms with E-state index in [1.807, 2.05) is 6.07 Å². The summed E-state index contributed by atoms with van der Waals surface area (Å²) in [5.74, 6) is 0.00979. The van der Waals surface area contributed by atoms with Crippen LogP contribution >= 0.6 is 0 Å². The molecular formula is C14H12BF3O3. The van der Waals surface area contributed by atoms with E-state index in [4.69, 9.17) is 14.8 Å². The van der Waals surface area contributed by atoms with Crippen molar-refractivity contribution in [3.8, 4) is 5.75 Å². The molecule has 2 aromatic rings. The average molecular weight is 296 g/mol. The smallest absolute Gasteiger partial charge is 0.489 e. The molecule has 0 aliphatic rings. The molecule has 0 atom stereocenters. The molecule has 0 amide bonds. The second-order valence-electron chi connectivity index (χ2n) is 4.39. The number of hydrogen-bond acceptors (Lipinski definition) is 3. The second kappa shape index (κ2) is 6.20. The Morgan fingerprint density at radius 3 is 2.24 bits per heavy atom. The van der Waals surface area contributed by atoms with Gasteiger partial charge in [0.1, 0.15) is 12.4 Å². The molecule has 0 fully saturated rings. The van der Waals surface area contributed by atoms with E-state index in [1.54, 1.807) is 24.3 Å². The molecule has 0 aliphatic carbocycles. The highest BCUT2D eigenvalue weighted by Gasteiger charge is 2.36. The first-order valence-electron chi connectivity index (χ1n) is 6.12. The van der Waals surface area contributed by atoms with Gasteiger partial charge in [-0.2, -0.15) is 13.2 Å². The van der Waals surface area contributed by atoms with Gasteiger partial charge in [0.05, 0.1) is 5.56 Å². The molecule has 0 unspecified atom stereocenters. The summed E-state index contributed by atoms with van der Waals surface area (Å²) in [7, 11) is -2.19. The molecule has 2 aromatic carbocycles. The molecule has 3 nitrogen and oxygen atoms in total. The van der Waals surface area contributed by atoms with Crippen molar-refractivity contribution >= 4 is 12.6 Å². The third-order valence-electron chi connectivity index (χ3n) is 2.86. The van der Waals surface area contributed by atoms with Gasteiger partial charge in [-0.3, -0.25) is 0 Å². The molecule has 2 N–H and O–H groups in total. The molecule has 7 heteroatoms. The molecule has 0 bridgehead atoms. The van der Waals surface area contributed by atoms with E-state index in [0.717, 1.165) is 17.7 Å². The van der Waals surface area contributed by atoms with Crippen LogP contribution in [0.2, 0.25) is 0 Å². The molecule has 21 heavy (non-hydrogen) atoms.